The minimum absolute atomic E-state index is 0.0609. The minimum atomic E-state index is -3.19. The van der Waals surface area contributed by atoms with Crippen LogP contribution >= 0.6 is 0 Å². The Balaban J connectivity index is 2.21. The van der Waals surface area contributed by atoms with E-state index >= 15 is 0 Å². The number of amides is 1. The Morgan fingerprint density at radius 3 is 2.68 bits per heavy atom. The quantitative estimate of drug-likeness (QED) is 0.870. The molecular formula is C15H23N3O3S. The van der Waals surface area contributed by atoms with E-state index in [0.29, 0.717) is 30.8 Å². The summed E-state index contributed by atoms with van der Waals surface area (Å²) in [5, 5.41) is 3.00. The van der Waals surface area contributed by atoms with E-state index in [2.05, 4.69) is 5.32 Å². The van der Waals surface area contributed by atoms with Crippen molar-refractivity contribution < 1.29 is 13.2 Å². The molecule has 0 saturated carbocycles. The Morgan fingerprint density at radius 1 is 1.41 bits per heavy atom. The highest BCUT2D eigenvalue weighted by atomic mass is 32.2. The maximum atomic E-state index is 12.3. The average Bonchev–Trinajstić information content (AvgIpc) is 2.83. The number of hydrogen-bond acceptors (Lipinski definition) is 4. The Bertz CT molecular complexity index is 658. The summed E-state index contributed by atoms with van der Waals surface area (Å²) in [5.41, 5.74) is 2.06. The van der Waals surface area contributed by atoms with E-state index in [4.69, 9.17) is 0 Å². The van der Waals surface area contributed by atoms with Crippen LogP contribution in [-0.2, 0) is 10.0 Å². The molecule has 1 heterocycles. The molecule has 0 radical (unpaired) electrons. The van der Waals surface area contributed by atoms with Gasteiger partial charge in [-0.1, -0.05) is 0 Å². The third kappa shape index (κ3) is 3.41. The monoisotopic (exact) mass is 325 g/mol. The van der Waals surface area contributed by atoms with Crippen LogP contribution in [0.1, 0.15) is 22.3 Å². The van der Waals surface area contributed by atoms with Gasteiger partial charge in [0.05, 0.1) is 11.4 Å². The van der Waals surface area contributed by atoms with Crippen molar-refractivity contribution in [2.75, 3.05) is 43.8 Å². The van der Waals surface area contributed by atoms with Crippen molar-refractivity contribution in [2.24, 2.45) is 0 Å². The Kier molecular flexibility index (Phi) is 5.08. The van der Waals surface area contributed by atoms with Gasteiger partial charge >= 0.3 is 0 Å². The van der Waals surface area contributed by atoms with Crippen LogP contribution in [0, 0.1) is 6.92 Å². The van der Waals surface area contributed by atoms with Crippen LogP contribution in [0.3, 0.4) is 0 Å². The fourth-order valence-electron chi connectivity index (χ4n) is 2.58. The first kappa shape index (κ1) is 16.8. The highest BCUT2D eigenvalue weighted by Crippen LogP contribution is 2.28. The van der Waals surface area contributed by atoms with Crippen molar-refractivity contribution in [1.82, 2.24) is 10.2 Å². The standard InChI is InChI=1S/C15H23N3O3S/c1-12-11-13(15(19)17(3)9-7-16-2)5-6-14(12)18-8-4-10-22(18,20)21/h5-6,11,16H,4,7-10H2,1-3H3. The summed E-state index contributed by atoms with van der Waals surface area (Å²) >= 11 is 0. The molecule has 1 fully saturated rings. The summed E-state index contributed by atoms with van der Waals surface area (Å²) in [4.78, 5) is 14.0. The highest BCUT2D eigenvalue weighted by molar-refractivity contribution is 7.93. The van der Waals surface area contributed by atoms with Crippen molar-refractivity contribution in [3.05, 3.63) is 29.3 Å². The highest BCUT2D eigenvalue weighted by Gasteiger charge is 2.29. The molecule has 1 aliphatic rings. The molecule has 6 nitrogen and oxygen atoms in total. The van der Waals surface area contributed by atoms with Crippen molar-refractivity contribution in [3.63, 3.8) is 0 Å². The molecule has 1 aliphatic heterocycles. The number of hydrogen-bond donors (Lipinski definition) is 1. The Labute approximate surface area is 132 Å². The van der Waals surface area contributed by atoms with E-state index in [9.17, 15) is 13.2 Å². The van der Waals surface area contributed by atoms with E-state index in [1.807, 2.05) is 14.0 Å². The lowest BCUT2D eigenvalue weighted by atomic mass is 10.1. The van der Waals surface area contributed by atoms with Crippen molar-refractivity contribution in [1.29, 1.82) is 0 Å². The van der Waals surface area contributed by atoms with Crippen LogP contribution in [0.25, 0.3) is 0 Å². The number of carbonyl (C=O) groups excluding carboxylic acids is 1. The first-order valence-electron chi connectivity index (χ1n) is 7.38. The largest absolute Gasteiger partial charge is 0.340 e. The number of benzene rings is 1. The second-order valence-electron chi connectivity index (χ2n) is 5.57. The van der Waals surface area contributed by atoms with E-state index in [-0.39, 0.29) is 11.7 Å². The van der Waals surface area contributed by atoms with Crippen molar-refractivity contribution in [3.8, 4) is 0 Å². The van der Waals surface area contributed by atoms with Gasteiger partial charge in [-0.2, -0.15) is 0 Å². The molecule has 0 spiro atoms. The summed E-state index contributed by atoms with van der Waals surface area (Å²) in [6.07, 6.45) is 0.648. The molecule has 1 amide bonds. The number of likely N-dealkylation sites (N-methyl/N-ethyl adjacent to an activating group) is 2. The van der Waals surface area contributed by atoms with E-state index < -0.39 is 10.0 Å². The smallest absolute Gasteiger partial charge is 0.253 e. The maximum absolute atomic E-state index is 12.3. The molecule has 1 N–H and O–H groups in total. The summed E-state index contributed by atoms with van der Waals surface area (Å²) in [5.74, 6) is 0.133. The number of aryl methyl sites for hydroxylation is 1. The van der Waals surface area contributed by atoms with Gasteiger partial charge in [-0.15, -0.1) is 0 Å². The lowest BCUT2D eigenvalue weighted by Crippen LogP contribution is -2.33. The van der Waals surface area contributed by atoms with Crippen molar-refractivity contribution >= 4 is 21.6 Å². The molecule has 0 aromatic heterocycles. The number of sulfonamides is 1. The van der Waals surface area contributed by atoms with Gasteiger partial charge in [0.2, 0.25) is 10.0 Å². The van der Waals surface area contributed by atoms with Gasteiger partial charge in [-0.3, -0.25) is 9.10 Å². The number of nitrogens with one attached hydrogen (secondary N) is 1. The van der Waals surface area contributed by atoms with Crippen molar-refractivity contribution in [2.45, 2.75) is 13.3 Å². The van der Waals surface area contributed by atoms with E-state index in [1.165, 1.54) is 4.31 Å². The Hall–Kier alpha value is -1.60. The third-order valence-electron chi connectivity index (χ3n) is 3.86. The molecule has 122 valence electrons. The van der Waals surface area contributed by atoms with Crippen LogP contribution in [0.5, 0.6) is 0 Å². The molecule has 22 heavy (non-hydrogen) atoms. The molecule has 0 unspecified atom stereocenters. The first-order valence-corrected chi connectivity index (χ1v) is 8.99. The average molecular weight is 325 g/mol. The molecule has 1 aromatic carbocycles. The summed E-state index contributed by atoms with van der Waals surface area (Å²) in [6, 6.07) is 5.20. The zero-order chi connectivity index (χ0) is 16.3. The van der Waals surface area contributed by atoms with Gasteiger partial charge in [0.1, 0.15) is 0 Å². The fourth-order valence-corrected chi connectivity index (χ4v) is 4.21. The number of nitrogens with zero attached hydrogens (tertiary/aromatic N) is 2. The topological polar surface area (TPSA) is 69.7 Å². The second kappa shape index (κ2) is 6.66. The Morgan fingerprint density at radius 2 is 2.14 bits per heavy atom. The zero-order valence-electron chi connectivity index (χ0n) is 13.3. The predicted octanol–water partition coefficient (Wildman–Crippen LogP) is 0.826. The second-order valence-corrected chi connectivity index (χ2v) is 7.59. The molecule has 0 atom stereocenters. The lowest BCUT2D eigenvalue weighted by molar-refractivity contribution is 0.0797. The molecular weight excluding hydrogens is 302 g/mol. The van der Waals surface area contributed by atoms with Gasteiger partial charge in [0.15, 0.2) is 0 Å². The summed E-state index contributed by atoms with van der Waals surface area (Å²) in [7, 11) is 0.404. The van der Waals surface area contributed by atoms with E-state index in [0.717, 1.165) is 12.1 Å². The van der Waals surface area contributed by atoms with E-state index in [1.54, 1.807) is 30.1 Å². The van der Waals surface area contributed by atoms with Crippen LogP contribution in [-0.4, -0.2) is 58.7 Å². The number of rotatable bonds is 5. The van der Waals surface area contributed by atoms with Gasteiger partial charge in [-0.25, -0.2) is 8.42 Å². The maximum Gasteiger partial charge on any atom is 0.253 e. The zero-order valence-corrected chi connectivity index (χ0v) is 14.1. The van der Waals surface area contributed by atoms with Gasteiger partial charge in [-0.05, 0) is 44.2 Å². The summed E-state index contributed by atoms with van der Waals surface area (Å²) < 4.78 is 25.5. The molecule has 2 rings (SSSR count). The van der Waals surface area contributed by atoms with Crippen LogP contribution < -0.4 is 9.62 Å². The van der Waals surface area contributed by atoms with Crippen LogP contribution in [0.15, 0.2) is 18.2 Å². The van der Waals surface area contributed by atoms with Crippen LogP contribution in [0.2, 0.25) is 0 Å². The SMILES string of the molecule is CNCCN(C)C(=O)c1ccc(N2CCCS2(=O)=O)c(C)c1. The van der Waals surface area contributed by atoms with Gasteiger partial charge in [0.25, 0.3) is 5.91 Å². The lowest BCUT2D eigenvalue weighted by Gasteiger charge is -2.21. The van der Waals surface area contributed by atoms with Crippen LogP contribution in [0.4, 0.5) is 5.69 Å². The minimum Gasteiger partial charge on any atom is -0.340 e. The molecule has 1 saturated heterocycles. The molecule has 0 bridgehead atoms. The predicted molar refractivity (Wildman–Crippen MR) is 87.8 cm³/mol. The molecule has 7 heteroatoms. The van der Waals surface area contributed by atoms with Gasteiger partial charge in [0, 0.05) is 32.2 Å². The molecule has 0 aliphatic carbocycles. The number of carbonyl (C=O) groups is 1. The number of anilines is 1. The summed E-state index contributed by atoms with van der Waals surface area (Å²) in [6.45, 7) is 3.70. The normalized spacial score (nSPS) is 16.8. The van der Waals surface area contributed by atoms with Gasteiger partial charge < -0.3 is 10.2 Å². The fraction of sp³-hybridized carbons (Fsp3) is 0.533. The third-order valence-corrected chi connectivity index (χ3v) is 5.71. The molecule has 1 aromatic rings. The first-order chi connectivity index (χ1) is 10.4.